The van der Waals surface area contributed by atoms with Crippen LogP contribution < -0.4 is 5.73 Å². The molecule has 0 aromatic heterocycles. The summed E-state index contributed by atoms with van der Waals surface area (Å²) < 4.78 is 0. The van der Waals surface area contributed by atoms with Gasteiger partial charge in [0.15, 0.2) is 0 Å². The second-order valence-electron chi connectivity index (χ2n) is 4.14. The second-order valence-corrected chi connectivity index (χ2v) is 4.14. The summed E-state index contributed by atoms with van der Waals surface area (Å²) in [6.07, 6.45) is -0.185. The van der Waals surface area contributed by atoms with Gasteiger partial charge in [0, 0.05) is 11.6 Å². The number of hydrogen-bond acceptors (Lipinski definition) is 3. The highest BCUT2D eigenvalue weighted by Crippen LogP contribution is 2.32. The maximum absolute atomic E-state index is 10.6. The molecule has 0 saturated heterocycles. The minimum absolute atomic E-state index is 0.117. The maximum atomic E-state index is 10.6. The van der Waals surface area contributed by atoms with Gasteiger partial charge in [-0.2, -0.15) is 0 Å². The lowest BCUT2D eigenvalue weighted by atomic mass is 9.95. The summed E-state index contributed by atoms with van der Waals surface area (Å²) in [5, 5.41) is 18.6. The molecular formula is C12H17NO3. The van der Waals surface area contributed by atoms with Gasteiger partial charge in [-0.15, -0.1) is 0 Å². The third-order valence-corrected chi connectivity index (χ3v) is 2.51. The fraction of sp³-hybridized carbons (Fsp3) is 0.417. The molecule has 1 aromatic rings. The minimum atomic E-state index is -0.971. The SMILES string of the molecule is CC(C)c1cccc(C(N)CC(=O)O)c1O. The lowest BCUT2D eigenvalue weighted by molar-refractivity contribution is -0.137. The summed E-state index contributed by atoms with van der Waals surface area (Å²) >= 11 is 0. The van der Waals surface area contributed by atoms with Crippen LogP contribution in [-0.2, 0) is 4.79 Å². The van der Waals surface area contributed by atoms with Crippen LogP contribution in [0.4, 0.5) is 0 Å². The lowest BCUT2D eigenvalue weighted by Gasteiger charge is -2.16. The van der Waals surface area contributed by atoms with Crippen molar-refractivity contribution < 1.29 is 15.0 Å². The number of nitrogens with two attached hydrogens (primary N) is 1. The van der Waals surface area contributed by atoms with Gasteiger partial charge in [-0.3, -0.25) is 4.79 Å². The Balaban J connectivity index is 3.05. The predicted octanol–water partition coefficient (Wildman–Crippen LogP) is 1.99. The molecule has 4 nitrogen and oxygen atoms in total. The molecule has 0 fully saturated rings. The number of rotatable bonds is 4. The smallest absolute Gasteiger partial charge is 0.305 e. The van der Waals surface area contributed by atoms with Crippen molar-refractivity contribution in [3.05, 3.63) is 29.3 Å². The van der Waals surface area contributed by atoms with Crippen molar-refractivity contribution >= 4 is 5.97 Å². The maximum Gasteiger partial charge on any atom is 0.305 e. The number of phenols is 1. The molecule has 4 N–H and O–H groups in total. The molecule has 0 amide bonds. The second kappa shape index (κ2) is 4.99. The Hall–Kier alpha value is -1.55. The predicted molar refractivity (Wildman–Crippen MR) is 61.4 cm³/mol. The number of carboxylic acids is 1. The zero-order valence-electron chi connectivity index (χ0n) is 9.47. The third kappa shape index (κ3) is 2.73. The zero-order valence-corrected chi connectivity index (χ0v) is 9.47. The van der Waals surface area contributed by atoms with Crippen LogP contribution in [0.15, 0.2) is 18.2 Å². The van der Waals surface area contributed by atoms with Crippen LogP contribution in [0, 0.1) is 0 Å². The Morgan fingerprint density at radius 1 is 1.38 bits per heavy atom. The van der Waals surface area contributed by atoms with E-state index < -0.39 is 12.0 Å². The first-order chi connectivity index (χ1) is 7.43. The molecule has 1 atom stereocenters. The first-order valence-corrected chi connectivity index (χ1v) is 5.22. The monoisotopic (exact) mass is 223 g/mol. The van der Waals surface area contributed by atoms with Gasteiger partial charge in [0.1, 0.15) is 5.75 Å². The number of carboxylic acid groups (broad SMARTS) is 1. The fourth-order valence-corrected chi connectivity index (χ4v) is 1.64. The van der Waals surface area contributed by atoms with Crippen LogP contribution in [0.25, 0.3) is 0 Å². The highest BCUT2D eigenvalue weighted by atomic mass is 16.4. The third-order valence-electron chi connectivity index (χ3n) is 2.51. The quantitative estimate of drug-likeness (QED) is 0.728. The Morgan fingerprint density at radius 3 is 2.44 bits per heavy atom. The van der Waals surface area contributed by atoms with Gasteiger partial charge in [0.2, 0.25) is 0 Å². The van der Waals surface area contributed by atoms with E-state index >= 15 is 0 Å². The van der Waals surface area contributed by atoms with E-state index in [1.807, 2.05) is 19.9 Å². The summed E-state index contributed by atoms with van der Waals surface area (Å²) in [5.74, 6) is -0.676. The Morgan fingerprint density at radius 2 is 1.94 bits per heavy atom. The van der Waals surface area contributed by atoms with Gasteiger partial charge in [-0.1, -0.05) is 32.0 Å². The molecule has 0 radical (unpaired) electrons. The van der Waals surface area contributed by atoms with E-state index in [9.17, 15) is 9.90 Å². The topological polar surface area (TPSA) is 83.6 Å². The summed E-state index contributed by atoms with van der Waals surface area (Å²) in [4.78, 5) is 10.6. The van der Waals surface area contributed by atoms with E-state index in [0.717, 1.165) is 5.56 Å². The first kappa shape index (κ1) is 12.5. The zero-order chi connectivity index (χ0) is 12.3. The molecule has 0 aliphatic carbocycles. The van der Waals surface area contributed by atoms with E-state index in [4.69, 9.17) is 10.8 Å². The number of aliphatic carboxylic acids is 1. The molecular weight excluding hydrogens is 206 g/mol. The molecule has 0 aliphatic rings. The van der Waals surface area contributed by atoms with Crippen molar-refractivity contribution in [2.75, 3.05) is 0 Å². The Kier molecular flexibility index (Phi) is 3.90. The van der Waals surface area contributed by atoms with Crippen LogP contribution in [0.1, 0.15) is 43.4 Å². The molecule has 1 rings (SSSR count). The van der Waals surface area contributed by atoms with Gasteiger partial charge >= 0.3 is 5.97 Å². The van der Waals surface area contributed by atoms with E-state index in [1.165, 1.54) is 0 Å². The molecule has 16 heavy (non-hydrogen) atoms. The lowest BCUT2D eigenvalue weighted by Crippen LogP contribution is -2.15. The van der Waals surface area contributed by atoms with Crippen molar-refractivity contribution in [3.8, 4) is 5.75 Å². The largest absolute Gasteiger partial charge is 0.507 e. The molecule has 88 valence electrons. The van der Waals surface area contributed by atoms with Crippen LogP contribution in [0.3, 0.4) is 0 Å². The molecule has 1 unspecified atom stereocenters. The van der Waals surface area contributed by atoms with Crippen molar-refractivity contribution in [1.29, 1.82) is 0 Å². The average Bonchev–Trinajstić information content (AvgIpc) is 2.16. The van der Waals surface area contributed by atoms with Crippen molar-refractivity contribution in [1.82, 2.24) is 0 Å². The van der Waals surface area contributed by atoms with Crippen molar-refractivity contribution in [2.45, 2.75) is 32.2 Å². The van der Waals surface area contributed by atoms with Crippen molar-refractivity contribution in [2.24, 2.45) is 5.73 Å². The molecule has 0 aliphatic heterocycles. The minimum Gasteiger partial charge on any atom is -0.507 e. The highest BCUT2D eigenvalue weighted by Gasteiger charge is 2.17. The van der Waals surface area contributed by atoms with Crippen LogP contribution >= 0.6 is 0 Å². The molecule has 4 heteroatoms. The molecule has 0 spiro atoms. The summed E-state index contributed by atoms with van der Waals surface area (Å²) in [6, 6.07) is 4.59. The van der Waals surface area contributed by atoms with E-state index in [1.54, 1.807) is 12.1 Å². The number of hydrogen-bond donors (Lipinski definition) is 3. The van der Waals surface area contributed by atoms with Crippen LogP contribution in [0.5, 0.6) is 5.75 Å². The number of phenolic OH excluding ortho intramolecular Hbond substituents is 1. The van der Waals surface area contributed by atoms with Crippen molar-refractivity contribution in [3.63, 3.8) is 0 Å². The van der Waals surface area contributed by atoms with E-state index in [0.29, 0.717) is 5.56 Å². The van der Waals surface area contributed by atoms with Gasteiger partial charge in [-0.05, 0) is 11.5 Å². The Labute approximate surface area is 94.7 Å². The number of para-hydroxylation sites is 1. The van der Waals surface area contributed by atoms with Gasteiger partial charge in [-0.25, -0.2) is 0 Å². The van der Waals surface area contributed by atoms with E-state index in [2.05, 4.69) is 0 Å². The standard InChI is InChI=1S/C12H17NO3/c1-7(2)8-4-3-5-9(12(8)16)10(13)6-11(14)15/h3-5,7,10,16H,6,13H2,1-2H3,(H,14,15). The molecule has 0 heterocycles. The van der Waals surface area contributed by atoms with E-state index in [-0.39, 0.29) is 18.1 Å². The molecule has 1 aromatic carbocycles. The summed E-state index contributed by atoms with van der Waals surface area (Å²) in [7, 11) is 0. The number of benzene rings is 1. The fourth-order valence-electron chi connectivity index (χ4n) is 1.64. The number of aromatic hydroxyl groups is 1. The van der Waals surface area contributed by atoms with Crippen LogP contribution in [-0.4, -0.2) is 16.2 Å². The Bertz CT molecular complexity index is 388. The molecule has 0 bridgehead atoms. The number of carbonyl (C=O) groups is 1. The first-order valence-electron chi connectivity index (χ1n) is 5.22. The molecule has 0 saturated carbocycles. The normalized spacial score (nSPS) is 12.8. The summed E-state index contributed by atoms with van der Waals surface area (Å²) in [5.41, 5.74) is 7.01. The van der Waals surface area contributed by atoms with Crippen LogP contribution in [0.2, 0.25) is 0 Å². The van der Waals surface area contributed by atoms with Gasteiger partial charge in [0.25, 0.3) is 0 Å². The summed E-state index contributed by atoms with van der Waals surface area (Å²) in [6.45, 7) is 3.92. The average molecular weight is 223 g/mol. The highest BCUT2D eigenvalue weighted by molar-refractivity contribution is 5.68. The van der Waals surface area contributed by atoms with Gasteiger partial charge < -0.3 is 15.9 Å². The van der Waals surface area contributed by atoms with Gasteiger partial charge in [0.05, 0.1) is 6.42 Å².